The summed E-state index contributed by atoms with van der Waals surface area (Å²) in [5.41, 5.74) is 2.10. The van der Waals surface area contributed by atoms with Crippen LogP contribution < -0.4 is 15.4 Å². The Kier molecular flexibility index (Phi) is 2.79. The lowest BCUT2D eigenvalue weighted by Gasteiger charge is -2.26. The summed E-state index contributed by atoms with van der Waals surface area (Å²) in [5.74, 6) is 1.19. The molecule has 0 aliphatic carbocycles. The van der Waals surface area contributed by atoms with Crippen LogP contribution in [0.2, 0.25) is 0 Å². The van der Waals surface area contributed by atoms with E-state index < -0.39 is 6.17 Å². The molecule has 2 aromatic carbocycles. The largest absolute Gasteiger partial charge is 0.493 e. The minimum Gasteiger partial charge on any atom is -0.493 e. The van der Waals surface area contributed by atoms with Crippen LogP contribution in [0, 0.1) is 0 Å². The molecule has 5 nitrogen and oxygen atoms in total. The van der Waals surface area contributed by atoms with Gasteiger partial charge in [-0.2, -0.15) is 0 Å². The molecule has 5 heteroatoms. The Hall–Kier alpha value is -2.95. The first kappa shape index (κ1) is 12.8. The second-order valence-electron chi connectivity index (χ2n) is 5.12. The standard InChI is InChI=1S/C17H14N2O3/c1-21-13-8-4-5-10-9-14(22-15(10)13)16-18-12-7-3-2-6-11(12)17(20)19-16/h2-9,16,18H,1H3,(H,19,20)/t16-/m1/s1. The molecule has 1 aliphatic heterocycles. The first-order valence-corrected chi connectivity index (χ1v) is 6.99. The third-order valence-corrected chi connectivity index (χ3v) is 3.78. The van der Waals surface area contributed by atoms with Crippen molar-refractivity contribution in [1.82, 2.24) is 5.32 Å². The topological polar surface area (TPSA) is 63.5 Å². The summed E-state index contributed by atoms with van der Waals surface area (Å²) >= 11 is 0. The zero-order valence-electron chi connectivity index (χ0n) is 11.9. The number of hydrogen-bond acceptors (Lipinski definition) is 4. The monoisotopic (exact) mass is 294 g/mol. The number of rotatable bonds is 2. The number of para-hydroxylation sites is 2. The predicted octanol–water partition coefficient (Wildman–Crippen LogP) is 3.30. The predicted molar refractivity (Wildman–Crippen MR) is 83.0 cm³/mol. The zero-order valence-corrected chi connectivity index (χ0v) is 11.9. The van der Waals surface area contributed by atoms with E-state index >= 15 is 0 Å². The fourth-order valence-electron chi connectivity index (χ4n) is 2.71. The fourth-order valence-corrected chi connectivity index (χ4v) is 2.71. The normalized spacial score (nSPS) is 16.8. The number of nitrogens with one attached hydrogen (secondary N) is 2. The third-order valence-electron chi connectivity index (χ3n) is 3.78. The number of hydrogen-bond donors (Lipinski definition) is 2. The molecule has 3 aromatic rings. The van der Waals surface area contributed by atoms with Crippen LogP contribution in [0.3, 0.4) is 0 Å². The van der Waals surface area contributed by atoms with Crippen molar-refractivity contribution in [3.8, 4) is 5.75 Å². The number of methoxy groups -OCH3 is 1. The molecular weight excluding hydrogens is 280 g/mol. The molecular formula is C17H14N2O3. The summed E-state index contributed by atoms with van der Waals surface area (Å²) in [6.07, 6.45) is -0.403. The van der Waals surface area contributed by atoms with Gasteiger partial charge >= 0.3 is 0 Å². The maximum atomic E-state index is 12.2. The van der Waals surface area contributed by atoms with Gasteiger partial charge in [0, 0.05) is 11.1 Å². The number of benzene rings is 2. The second kappa shape index (κ2) is 4.80. The van der Waals surface area contributed by atoms with Crippen LogP contribution in [0.4, 0.5) is 5.69 Å². The fraction of sp³-hybridized carbons (Fsp3) is 0.118. The highest BCUT2D eigenvalue weighted by Gasteiger charge is 2.26. The van der Waals surface area contributed by atoms with Crippen LogP contribution >= 0.6 is 0 Å². The van der Waals surface area contributed by atoms with Crippen LogP contribution in [0.1, 0.15) is 22.3 Å². The number of furan rings is 1. The first-order chi connectivity index (χ1) is 10.8. The Morgan fingerprint density at radius 2 is 1.95 bits per heavy atom. The van der Waals surface area contributed by atoms with Gasteiger partial charge in [-0.3, -0.25) is 4.79 Å². The second-order valence-corrected chi connectivity index (χ2v) is 5.12. The highest BCUT2D eigenvalue weighted by molar-refractivity contribution is 6.01. The number of ether oxygens (including phenoxy) is 1. The summed E-state index contributed by atoms with van der Waals surface area (Å²) in [4.78, 5) is 12.2. The van der Waals surface area contributed by atoms with E-state index in [9.17, 15) is 4.79 Å². The maximum absolute atomic E-state index is 12.2. The summed E-state index contributed by atoms with van der Waals surface area (Å²) < 4.78 is 11.2. The van der Waals surface area contributed by atoms with E-state index in [4.69, 9.17) is 9.15 Å². The number of carbonyl (C=O) groups is 1. The van der Waals surface area contributed by atoms with E-state index in [0.717, 1.165) is 11.1 Å². The Morgan fingerprint density at radius 1 is 1.09 bits per heavy atom. The molecule has 4 rings (SSSR count). The van der Waals surface area contributed by atoms with Gasteiger partial charge in [-0.05, 0) is 24.3 Å². The van der Waals surface area contributed by atoms with Crippen LogP contribution in [-0.4, -0.2) is 13.0 Å². The molecule has 1 amide bonds. The lowest BCUT2D eigenvalue weighted by molar-refractivity contribution is 0.0931. The Balaban J connectivity index is 1.76. The summed E-state index contributed by atoms with van der Waals surface area (Å²) in [6.45, 7) is 0. The lowest BCUT2D eigenvalue weighted by atomic mass is 10.1. The average Bonchev–Trinajstić information content (AvgIpc) is 2.99. The van der Waals surface area contributed by atoms with Crippen molar-refractivity contribution in [2.45, 2.75) is 6.17 Å². The van der Waals surface area contributed by atoms with E-state index in [1.165, 1.54) is 0 Å². The van der Waals surface area contributed by atoms with Gasteiger partial charge in [0.15, 0.2) is 17.5 Å². The molecule has 1 atom stereocenters. The number of anilines is 1. The Bertz CT molecular complexity index is 869. The van der Waals surface area contributed by atoms with Gasteiger partial charge in [0.1, 0.15) is 5.76 Å². The van der Waals surface area contributed by atoms with E-state index in [0.29, 0.717) is 22.7 Å². The van der Waals surface area contributed by atoms with Crippen molar-refractivity contribution in [1.29, 1.82) is 0 Å². The van der Waals surface area contributed by atoms with Crippen molar-refractivity contribution in [3.05, 3.63) is 59.9 Å². The molecule has 2 heterocycles. The van der Waals surface area contributed by atoms with Gasteiger partial charge < -0.3 is 19.8 Å². The molecule has 0 radical (unpaired) electrons. The molecule has 0 saturated heterocycles. The lowest BCUT2D eigenvalue weighted by Crippen LogP contribution is -2.38. The van der Waals surface area contributed by atoms with Crippen LogP contribution in [0.15, 0.2) is 52.9 Å². The maximum Gasteiger partial charge on any atom is 0.255 e. The van der Waals surface area contributed by atoms with Gasteiger partial charge in [0.2, 0.25) is 0 Å². The SMILES string of the molecule is COc1cccc2cc([C@H]3NC(=O)c4ccccc4N3)oc12. The molecule has 2 N–H and O–H groups in total. The summed E-state index contributed by atoms with van der Waals surface area (Å²) in [7, 11) is 1.61. The van der Waals surface area contributed by atoms with E-state index in [2.05, 4.69) is 10.6 Å². The smallest absolute Gasteiger partial charge is 0.255 e. The third kappa shape index (κ3) is 1.90. The molecule has 0 bridgehead atoms. The highest BCUT2D eigenvalue weighted by Crippen LogP contribution is 2.33. The Morgan fingerprint density at radius 3 is 2.82 bits per heavy atom. The van der Waals surface area contributed by atoms with Crippen molar-refractivity contribution < 1.29 is 13.9 Å². The first-order valence-electron chi connectivity index (χ1n) is 6.99. The number of amides is 1. The molecule has 1 aliphatic rings. The van der Waals surface area contributed by atoms with Crippen LogP contribution in [-0.2, 0) is 0 Å². The van der Waals surface area contributed by atoms with Crippen molar-refractivity contribution in [2.75, 3.05) is 12.4 Å². The van der Waals surface area contributed by atoms with Gasteiger partial charge in [0.05, 0.1) is 12.7 Å². The van der Waals surface area contributed by atoms with E-state index in [-0.39, 0.29) is 5.91 Å². The van der Waals surface area contributed by atoms with E-state index in [1.54, 1.807) is 13.2 Å². The number of fused-ring (bicyclic) bond motifs is 2. The van der Waals surface area contributed by atoms with E-state index in [1.807, 2.05) is 42.5 Å². The minimum absolute atomic E-state index is 0.119. The summed E-state index contributed by atoms with van der Waals surface area (Å²) in [6, 6.07) is 15.0. The average molecular weight is 294 g/mol. The zero-order chi connectivity index (χ0) is 15.1. The molecule has 0 saturated carbocycles. The van der Waals surface area contributed by atoms with Gasteiger partial charge in [-0.25, -0.2) is 0 Å². The van der Waals surface area contributed by atoms with Crippen molar-refractivity contribution in [2.24, 2.45) is 0 Å². The van der Waals surface area contributed by atoms with Gasteiger partial charge in [-0.15, -0.1) is 0 Å². The molecule has 0 spiro atoms. The van der Waals surface area contributed by atoms with Gasteiger partial charge in [-0.1, -0.05) is 24.3 Å². The van der Waals surface area contributed by atoms with Crippen molar-refractivity contribution >= 4 is 22.6 Å². The number of carbonyl (C=O) groups excluding carboxylic acids is 1. The van der Waals surface area contributed by atoms with Crippen molar-refractivity contribution in [3.63, 3.8) is 0 Å². The van der Waals surface area contributed by atoms with Crippen LogP contribution in [0.25, 0.3) is 11.0 Å². The summed E-state index contributed by atoms with van der Waals surface area (Å²) in [5, 5.41) is 7.11. The molecule has 0 fully saturated rings. The highest BCUT2D eigenvalue weighted by atomic mass is 16.5. The molecule has 22 heavy (non-hydrogen) atoms. The van der Waals surface area contributed by atoms with Gasteiger partial charge in [0.25, 0.3) is 5.91 Å². The molecule has 1 aromatic heterocycles. The minimum atomic E-state index is -0.403. The quantitative estimate of drug-likeness (QED) is 0.761. The molecule has 0 unspecified atom stereocenters. The van der Waals surface area contributed by atoms with Crippen LogP contribution in [0.5, 0.6) is 5.75 Å². The Labute approximate surface area is 126 Å². The molecule has 110 valence electrons.